The lowest BCUT2D eigenvalue weighted by molar-refractivity contribution is 0.0994. The quantitative estimate of drug-likeness (QED) is 0.814. The minimum absolute atomic E-state index is 0.175. The average molecular weight is 264 g/mol. The van der Waals surface area contributed by atoms with Crippen LogP contribution in [-0.4, -0.2) is 20.7 Å². The minimum Gasteiger partial charge on any atom is -0.456 e. The highest BCUT2D eigenvalue weighted by atomic mass is 32.1. The number of nitrogens with two attached hydrogens (primary N) is 1. The zero-order chi connectivity index (χ0) is 13.3. The van der Waals surface area contributed by atoms with E-state index in [1.165, 1.54) is 10.9 Å². The molecule has 7 heteroatoms. The average Bonchev–Trinajstić information content (AvgIpc) is 2.87. The summed E-state index contributed by atoms with van der Waals surface area (Å²) in [6.45, 7) is 1.77. The van der Waals surface area contributed by atoms with Crippen molar-refractivity contribution in [3.05, 3.63) is 35.4 Å². The van der Waals surface area contributed by atoms with Crippen LogP contribution in [0.25, 0.3) is 0 Å². The maximum Gasteiger partial charge on any atom is 0.292 e. The number of carbonyl (C=O) groups excluding carboxylic acids is 1. The Kier molecular flexibility index (Phi) is 3.15. The summed E-state index contributed by atoms with van der Waals surface area (Å²) in [5, 5.41) is 6.66. The van der Waals surface area contributed by atoms with Crippen molar-refractivity contribution in [2.45, 2.75) is 6.92 Å². The van der Waals surface area contributed by atoms with E-state index in [4.69, 9.17) is 22.4 Å². The number of nitrogens with zero attached hydrogens (tertiary/aromatic N) is 2. The van der Waals surface area contributed by atoms with Gasteiger partial charge in [0.2, 0.25) is 0 Å². The number of anilines is 1. The van der Waals surface area contributed by atoms with Crippen LogP contribution in [0.3, 0.4) is 0 Å². The molecule has 0 unspecified atom stereocenters. The van der Waals surface area contributed by atoms with Crippen LogP contribution in [0.15, 0.2) is 22.7 Å². The van der Waals surface area contributed by atoms with Crippen molar-refractivity contribution in [1.29, 1.82) is 0 Å². The van der Waals surface area contributed by atoms with E-state index in [9.17, 15) is 4.79 Å². The van der Waals surface area contributed by atoms with Gasteiger partial charge in [0.05, 0.1) is 11.8 Å². The largest absolute Gasteiger partial charge is 0.456 e. The number of thiocarbonyl (C=S) groups is 1. The van der Waals surface area contributed by atoms with E-state index in [1.807, 2.05) is 0 Å². The normalized spacial score (nSPS) is 10.3. The van der Waals surface area contributed by atoms with Crippen molar-refractivity contribution < 1.29 is 9.21 Å². The number of aryl methyl sites for hydroxylation is 2. The number of amides is 1. The molecular formula is C11H12N4O2S. The summed E-state index contributed by atoms with van der Waals surface area (Å²) in [6, 6.07) is 3.31. The first-order valence-corrected chi connectivity index (χ1v) is 5.59. The van der Waals surface area contributed by atoms with Crippen molar-refractivity contribution in [3.8, 4) is 0 Å². The molecule has 3 N–H and O–H groups in total. The van der Waals surface area contributed by atoms with Crippen LogP contribution in [-0.2, 0) is 7.05 Å². The number of hydrogen-bond donors (Lipinski definition) is 2. The van der Waals surface area contributed by atoms with Gasteiger partial charge in [0, 0.05) is 7.05 Å². The number of furan rings is 1. The maximum atomic E-state index is 11.9. The molecule has 0 aliphatic rings. The predicted molar refractivity (Wildman–Crippen MR) is 70.5 cm³/mol. The molecule has 2 aromatic heterocycles. The third-order valence-corrected chi connectivity index (χ3v) is 2.62. The molecule has 0 aliphatic heterocycles. The van der Waals surface area contributed by atoms with Gasteiger partial charge < -0.3 is 15.5 Å². The van der Waals surface area contributed by atoms with Gasteiger partial charge in [-0.05, 0) is 19.1 Å². The Labute approximate surface area is 109 Å². The number of hydrogen-bond acceptors (Lipinski definition) is 4. The highest BCUT2D eigenvalue weighted by molar-refractivity contribution is 7.80. The lowest BCUT2D eigenvalue weighted by Crippen LogP contribution is -2.18. The van der Waals surface area contributed by atoms with E-state index < -0.39 is 0 Å². The molecular weight excluding hydrogens is 252 g/mol. The molecule has 94 valence electrons. The standard InChI is InChI=1S/C11H12N4O2S/c1-6-3-4-8(17-6)11(16)14-10-7(9(12)18)5-13-15(10)2/h3-5H,1-2H3,(H2,12,18)(H,14,16). The molecule has 2 heterocycles. The smallest absolute Gasteiger partial charge is 0.292 e. The van der Waals surface area contributed by atoms with Gasteiger partial charge in [0.1, 0.15) is 16.6 Å². The zero-order valence-corrected chi connectivity index (χ0v) is 10.7. The maximum absolute atomic E-state index is 11.9. The molecule has 2 aromatic rings. The third-order valence-electron chi connectivity index (χ3n) is 2.40. The minimum atomic E-state index is -0.371. The second-order valence-corrected chi connectivity index (χ2v) is 4.20. The SMILES string of the molecule is Cc1ccc(C(=O)Nc2c(C(N)=S)cnn2C)o1. The Bertz CT molecular complexity index is 614. The Morgan fingerprint density at radius 2 is 2.28 bits per heavy atom. The van der Waals surface area contributed by atoms with Gasteiger partial charge in [-0.1, -0.05) is 12.2 Å². The van der Waals surface area contributed by atoms with E-state index in [0.29, 0.717) is 17.1 Å². The van der Waals surface area contributed by atoms with Crippen LogP contribution in [0.2, 0.25) is 0 Å². The van der Waals surface area contributed by atoms with Crippen molar-refractivity contribution in [2.24, 2.45) is 12.8 Å². The fraction of sp³-hybridized carbons (Fsp3) is 0.182. The molecule has 1 amide bonds. The van der Waals surface area contributed by atoms with Crippen molar-refractivity contribution in [2.75, 3.05) is 5.32 Å². The van der Waals surface area contributed by atoms with Crippen LogP contribution in [0.5, 0.6) is 0 Å². The first-order chi connectivity index (χ1) is 8.49. The van der Waals surface area contributed by atoms with Crippen molar-refractivity contribution in [1.82, 2.24) is 9.78 Å². The monoisotopic (exact) mass is 264 g/mol. The van der Waals surface area contributed by atoms with E-state index >= 15 is 0 Å². The Hall–Kier alpha value is -2.15. The Balaban J connectivity index is 2.27. The van der Waals surface area contributed by atoms with Gasteiger partial charge in [-0.25, -0.2) is 0 Å². The summed E-state index contributed by atoms with van der Waals surface area (Å²) in [5.41, 5.74) is 6.07. The molecule has 6 nitrogen and oxygen atoms in total. The number of rotatable bonds is 3. The Morgan fingerprint density at radius 1 is 1.56 bits per heavy atom. The fourth-order valence-electron chi connectivity index (χ4n) is 1.49. The molecule has 0 saturated carbocycles. The van der Waals surface area contributed by atoms with Crippen LogP contribution in [0.4, 0.5) is 5.82 Å². The molecule has 0 atom stereocenters. The van der Waals surface area contributed by atoms with E-state index in [1.54, 1.807) is 26.1 Å². The van der Waals surface area contributed by atoms with Gasteiger partial charge >= 0.3 is 0 Å². The topological polar surface area (TPSA) is 86.1 Å². The second kappa shape index (κ2) is 4.61. The second-order valence-electron chi connectivity index (χ2n) is 3.76. The molecule has 0 radical (unpaired) electrons. The van der Waals surface area contributed by atoms with E-state index in [0.717, 1.165) is 0 Å². The number of carbonyl (C=O) groups is 1. The van der Waals surface area contributed by atoms with Gasteiger partial charge in [-0.2, -0.15) is 5.10 Å². The molecule has 0 saturated heterocycles. The highest BCUT2D eigenvalue weighted by Gasteiger charge is 2.16. The Morgan fingerprint density at radius 3 is 2.83 bits per heavy atom. The van der Waals surface area contributed by atoms with Crippen LogP contribution in [0, 0.1) is 6.92 Å². The third kappa shape index (κ3) is 2.25. The molecule has 18 heavy (non-hydrogen) atoms. The highest BCUT2D eigenvalue weighted by Crippen LogP contribution is 2.16. The fourth-order valence-corrected chi connectivity index (χ4v) is 1.64. The van der Waals surface area contributed by atoms with Crippen LogP contribution in [0.1, 0.15) is 21.9 Å². The summed E-state index contributed by atoms with van der Waals surface area (Å²) < 4.78 is 6.72. The molecule has 0 aromatic carbocycles. The predicted octanol–water partition coefficient (Wildman–Crippen LogP) is 1.21. The van der Waals surface area contributed by atoms with Crippen molar-refractivity contribution >= 4 is 28.9 Å². The molecule has 0 bridgehead atoms. The lowest BCUT2D eigenvalue weighted by atomic mass is 10.3. The molecule has 0 aliphatic carbocycles. The number of nitrogens with one attached hydrogen (secondary N) is 1. The van der Waals surface area contributed by atoms with Crippen molar-refractivity contribution in [3.63, 3.8) is 0 Å². The molecule has 0 fully saturated rings. The summed E-state index contributed by atoms with van der Waals surface area (Å²) in [6.07, 6.45) is 1.51. The lowest BCUT2D eigenvalue weighted by Gasteiger charge is -2.06. The van der Waals surface area contributed by atoms with Gasteiger partial charge in [0.25, 0.3) is 5.91 Å². The molecule has 2 rings (SSSR count). The van der Waals surface area contributed by atoms with Gasteiger partial charge in [-0.15, -0.1) is 0 Å². The first-order valence-electron chi connectivity index (χ1n) is 5.18. The number of aromatic nitrogens is 2. The van der Waals surface area contributed by atoms with Gasteiger partial charge in [-0.3, -0.25) is 9.48 Å². The first kappa shape index (κ1) is 12.3. The zero-order valence-electron chi connectivity index (χ0n) is 9.93. The summed E-state index contributed by atoms with van der Waals surface area (Å²) in [7, 11) is 1.69. The van der Waals surface area contributed by atoms with Crippen LogP contribution < -0.4 is 11.1 Å². The summed E-state index contributed by atoms with van der Waals surface area (Å²) in [4.78, 5) is 12.1. The summed E-state index contributed by atoms with van der Waals surface area (Å²) >= 11 is 4.89. The van der Waals surface area contributed by atoms with Gasteiger partial charge in [0.15, 0.2) is 5.76 Å². The van der Waals surface area contributed by atoms with Crippen LogP contribution >= 0.6 is 12.2 Å². The summed E-state index contributed by atoms with van der Waals surface area (Å²) in [5.74, 6) is 0.966. The van der Waals surface area contributed by atoms with E-state index in [-0.39, 0.29) is 16.7 Å². The molecule has 0 spiro atoms. The van der Waals surface area contributed by atoms with E-state index in [2.05, 4.69) is 10.4 Å².